The second kappa shape index (κ2) is 6.41. The van der Waals surface area contributed by atoms with Gasteiger partial charge in [0.2, 0.25) is 0 Å². The predicted molar refractivity (Wildman–Crippen MR) is 84.1 cm³/mol. The molecule has 5 unspecified atom stereocenters. The molecule has 0 aromatic carbocycles. The van der Waals surface area contributed by atoms with E-state index in [1.165, 1.54) is 6.42 Å². The Morgan fingerprint density at radius 2 is 1.96 bits per heavy atom. The molecule has 2 saturated carbocycles. The van der Waals surface area contributed by atoms with E-state index < -0.39 is 24.0 Å². The Balaban J connectivity index is 1.33. The Hall–Kier alpha value is -0.950. The van der Waals surface area contributed by atoms with Crippen molar-refractivity contribution in [1.82, 2.24) is 0 Å². The monoisotopic (exact) mass is 338 g/mol. The predicted octanol–water partition coefficient (Wildman–Crippen LogP) is 1.56. The summed E-state index contributed by atoms with van der Waals surface area (Å²) in [6, 6.07) is 0. The minimum absolute atomic E-state index is 0.374. The van der Waals surface area contributed by atoms with Gasteiger partial charge in [0.15, 0.2) is 5.79 Å². The highest BCUT2D eigenvalue weighted by Crippen LogP contribution is 2.45. The molecule has 6 heteroatoms. The van der Waals surface area contributed by atoms with Crippen LogP contribution in [-0.4, -0.2) is 54.5 Å². The average Bonchev–Trinajstić information content (AvgIpc) is 3.37. The number of hydrogen-bond acceptors (Lipinski definition) is 6. The fraction of sp³-hybridized carbons (Fsp3) is 0.833. The van der Waals surface area contributed by atoms with Gasteiger partial charge in [-0.25, -0.2) is 4.79 Å². The highest BCUT2D eigenvalue weighted by Gasteiger charge is 2.50. The van der Waals surface area contributed by atoms with Gasteiger partial charge in [-0.3, -0.25) is 0 Å². The number of epoxide rings is 1. The van der Waals surface area contributed by atoms with Crippen molar-refractivity contribution in [3.05, 3.63) is 12.7 Å². The molecule has 0 radical (unpaired) electrons. The van der Waals surface area contributed by atoms with E-state index in [1.54, 1.807) is 0 Å². The second-order valence-electron chi connectivity index (χ2n) is 7.57. The van der Waals surface area contributed by atoms with Crippen LogP contribution in [0.1, 0.15) is 38.5 Å². The van der Waals surface area contributed by atoms with E-state index in [1.807, 2.05) is 0 Å². The number of esters is 1. The van der Waals surface area contributed by atoms with Crippen molar-refractivity contribution >= 4 is 5.97 Å². The molecule has 5 atom stereocenters. The van der Waals surface area contributed by atoms with Crippen molar-refractivity contribution in [2.45, 2.75) is 68.7 Å². The number of aliphatic hydroxyl groups excluding tert-OH is 1. The number of aliphatic hydroxyl groups is 1. The minimum Gasteiger partial charge on any atom is -0.456 e. The normalized spacial score (nSPS) is 47.7. The van der Waals surface area contributed by atoms with Crippen molar-refractivity contribution in [1.29, 1.82) is 0 Å². The van der Waals surface area contributed by atoms with E-state index in [4.69, 9.17) is 18.9 Å². The summed E-state index contributed by atoms with van der Waals surface area (Å²) in [6.45, 7) is 4.73. The van der Waals surface area contributed by atoms with Crippen LogP contribution < -0.4 is 0 Å². The van der Waals surface area contributed by atoms with E-state index in [0.717, 1.165) is 18.9 Å². The third-order valence-electron chi connectivity index (χ3n) is 6.03. The third-order valence-corrected chi connectivity index (χ3v) is 6.03. The average molecular weight is 338 g/mol. The van der Waals surface area contributed by atoms with Crippen LogP contribution in [0.2, 0.25) is 0 Å². The Morgan fingerprint density at radius 1 is 1.17 bits per heavy atom. The van der Waals surface area contributed by atoms with E-state index in [2.05, 4.69) is 6.58 Å². The summed E-state index contributed by atoms with van der Waals surface area (Å²) in [5, 5.41) is 10.1. The first-order chi connectivity index (χ1) is 11.6. The molecule has 6 nitrogen and oxygen atoms in total. The van der Waals surface area contributed by atoms with Crippen molar-refractivity contribution in [2.24, 2.45) is 11.8 Å². The van der Waals surface area contributed by atoms with Crippen LogP contribution in [0.4, 0.5) is 0 Å². The van der Waals surface area contributed by atoms with Crippen molar-refractivity contribution in [2.75, 3.05) is 13.2 Å². The number of carbonyl (C=O) groups excluding carboxylic acids is 1. The molecular weight excluding hydrogens is 312 g/mol. The van der Waals surface area contributed by atoms with E-state index in [-0.39, 0.29) is 0 Å². The van der Waals surface area contributed by atoms with Gasteiger partial charge in [0.1, 0.15) is 6.10 Å². The first-order valence-electron chi connectivity index (χ1n) is 9.03. The summed E-state index contributed by atoms with van der Waals surface area (Å²) in [7, 11) is 0. The lowest BCUT2D eigenvalue weighted by Crippen LogP contribution is -2.53. The van der Waals surface area contributed by atoms with Gasteiger partial charge in [-0.1, -0.05) is 6.58 Å². The number of fused-ring (bicyclic) bond motifs is 1. The molecule has 24 heavy (non-hydrogen) atoms. The quantitative estimate of drug-likeness (QED) is 0.478. The Labute approximate surface area is 142 Å². The topological polar surface area (TPSA) is 77.5 Å². The van der Waals surface area contributed by atoms with Crippen LogP contribution >= 0.6 is 0 Å². The van der Waals surface area contributed by atoms with Crippen LogP contribution in [0.15, 0.2) is 12.7 Å². The first-order valence-corrected chi connectivity index (χ1v) is 9.03. The van der Waals surface area contributed by atoms with E-state index >= 15 is 0 Å². The SMILES string of the molecule is C=CC(=O)OC1CC2(CCC1O)OCC(C1CCC3OC3C1)CO2. The smallest absolute Gasteiger partial charge is 0.330 e. The lowest BCUT2D eigenvalue weighted by Gasteiger charge is -2.47. The zero-order valence-corrected chi connectivity index (χ0v) is 13.9. The Kier molecular flexibility index (Phi) is 4.41. The summed E-state index contributed by atoms with van der Waals surface area (Å²) in [5.41, 5.74) is 0. The Morgan fingerprint density at radius 3 is 2.67 bits per heavy atom. The summed E-state index contributed by atoms with van der Waals surface area (Å²) in [5.74, 6) is -0.239. The fourth-order valence-electron chi connectivity index (χ4n) is 4.42. The van der Waals surface area contributed by atoms with Gasteiger partial charge in [-0.05, 0) is 31.6 Å². The second-order valence-corrected chi connectivity index (χ2v) is 7.57. The summed E-state index contributed by atoms with van der Waals surface area (Å²) in [4.78, 5) is 11.4. The van der Waals surface area contributed by atoms with Crippen molar-refractivity contribution in [3.8, 4) is 0 Å². The molecule has 134 valence electrons. The fourth-order valence-corrected chi connectivity index (χ4v) is 4.42. The zero-order chi connectivity index (χ0) is 16.7. The van der Waals surface area contributed by atoms with Crippen LogP contribution in [-0.2, 0) is 23.7 Å². The molecule has 0 bridgehead atoms. The van der Waals surface area contributed by atoms with Gasteiger partial charge in [-0.15, -0.1) is 0 Å². The third kappa shape index (κ3) is 3.25. The van der Waals surface area contributed by atoms with Crippen LogP contribution in [0.25, 0.3) is 0 Å². The summed E-state index contributed by atoms with van der Waals surface area (Å²) < 4.78 is 23.1. The van der Waals surface area contributed by atoms with Gasteiger partial charge >= 0.3 is 5.97 Å². The molecular formula is C18H26O6. The van der Waals surface area contributed by atoms with Crippen LogP contribution in [0.3, 0.4) is 0 Å². The van der Waals surface area contributed by atoms with E-state index in [9.17, 15) is 9.90 Å². The van der Waals surface area contributed by atoms with E-state index in [0.29, 0.717) is 56.5 Å². The molecule has 2 aliphatic carbocycles. The summed E-state index contributed by atoms with van der Waals surface area (Å²) in [6.07, 6.45) is 5.78. The lowest BCUT2D eigenvalue weighted by molar-refractivity contribution is -0.316. The van der Waals surface area contributed by atoms with Gasteiger partial charge in [0.05, 0.1) is 31.5 Å². The molecule has 0 aromatic heterocycles. The van der Waals surface area contributed by atoms with Gasteiger partial charge in [0.25, 0.3) is 0 Å². The first kappa shape index (κ1) is 16.5. The van der Waals surface area contributed by atoms with Gasteiger partial charge in [-0.2, -0.15) is 0 Å². The Bertz CT molecular complexity index is 498. The molecule has 4 fully saturated rings. The molecule has 2 saturated heterocycles. The minimum atomic E-state index is -0.727. The number of rotatable bonds is 3. The molecule has 4 rings (SSSR count). The zero-order valence-electron chi connectivity index (χ0n) is 13.9. The molecule has 2 heterocycles. The molecule has 0 aromatic rings. The number of carbonyl (C=O) groups is 1. The maximum atomic E-state index is 11.4. The number of ether oxygens (including phenoxy) is 4. The van der Waals surface area contributed by atoms with Gasteiger partial charge < -0.3 is 24.1 Å². The maximum absolute atomic E-state index is 11.4. The standard InChI is InChI=1S/C18H26O6/c1-2-17(20)24-16-8-18(6-5-13(16)19)21-9-12(10-22-18)11-3-4-14-15(7-11)23-14/h2,11-16,19H,1,3-10H2. The largest absolute Gasteiger partial charge is 0.456 e. The molecule has 0 amide bonds. The molecule has 4 aliphatic rings. The maximum Gasteiger partial charge on any atom is 0.330 e. The molecule has 1 N–H and O–H groups in total. The van der Waals surface area contributed by atoms with Crippen molar-refractivity contribution in [3.63, 3.8) is 0 Å². The van der Waals surface area contributed by atoms with Crippen molar-refractivity contribution < 1.29 is 28.8 Å². The number of hydrogen-bond donors (Lipinski definition) is 1. The highest BCUT2D eigenvalue weighted by molar-refractivity contribution is 5.81. The lowest BCUT2D eigenvalue weighted by atomic mass is 9.79. The van der Waals surface area contributed by atoms with Gasteiger partial charge in [0, 0.05) is 24.8 Å². The van der Waals surface area contributed by atoms with Crippen LogP contribution in [0, 0.1) is 11.8 Å². The summed E-state index contributed by atoms with van der Waals surface area (Å²) >= 11 is 0. The highest BCUT2D eigenvalue weighted by atomic mass is 16.7. The molecule has 1 spiro atoms. The van der Waals surface area contributed by atoms with Crippen LogP contribution in [0.5, 0.6) is 0 Å². The molecule has 2 aliphatic heterocycles.